The van der Waals surface area contributed by atoms with Crippen molar-refractivity contribution < 1.29 is 12.8 Å². The molecule has 2 N–H and O–H groups in total. The largest absolute Gasteiger partial charge is 0.351 e. The SMILES string of the molecule is Cc1nc(NS(=O)(=O)Cc2ccc(F)cc2)ccc1-c1nc2cnc(NC3CCC(N(C)C)CC3)nc2n(C(C)C)c1=O. The molecule has 0 aliphatic heterocycles. The van der Waals surface area contributed by atoms with Crippen LogP contribution in [0.25, 0.3) is 22.4 Å². The summed E-state index contributed by atoms with van der Waals surface area (Å²) in [5, 5.41) is 3.45. The summed E-state index contributed by atoms with van der Waals surface area (Å²) in [4.78, 5) is 34.3. The van der Waals surface area contributed by atoms with E-state index in [9.17, 15) is 17.6 Å². The highest BCUT2D eigenvalue weighted by molar-refractivity contribution is 7.91. The molecule has 1 aliphatic rings. The summed E-state index contributed by atoms with van der Waals surface area (Å²) in [6.07, 6.45) is 5.86. The second-order valence-corrected chi connectivity index (χ2v) is 13.3. The number of pyridine rings is 1. The topological polar surface area (TPSA) is 135 Å². The van der Waals surface area contributed by atoms with Crippen molar-refractivity contribution in [2.75, 3.05) is 24.1 Å². The molecule has 0 atom stereocenters. The van der Waals surface area contributed by atoms with E-state index in [0.29, 0.717) is 40.0 Å². The molecule has 0 saturated heterocycles. The highest BCUT2D eigenvalue weighted by Gasteiger charge is 2.24. The van der Waals surface area contributed by atoms with Crippen LogP contribution < -0.4 is 15.6 Å². The zero-order valence-corrected chi connectivity index (χ0v) is 25.8. The smallest absolute Gasteiger partial charge is 0.279 e. The summed E-state index contributed by atoms with van der Waals surface area (Å²) < 4.78 is 42.7. The maximum atomic E-state index is 13.8. The van der Waals surface area contributed by atoms with Gasteiger partial charge in [0.2, 0.25) is 16.0 Å². The summed E-state index contributed by atoms with van der Waals surface area (Å²) >= 11 is 0. The van der Waals surface area contributed by atoms with E-state index < -0.39 is 15.8 Å². The van der Waals surface area contributed by atoms with Crippen molar-refractivity contribution >= 4 is 33.0 Å². The van der Waals surface area contributed by atoms with Crippen LogP contribution in [0.4, 0.5) is 16.2 Å². The number of nitrogens with zero attached hydrogens (tertiary/aromatic N) is 6. The fourth-order valence-corrected chi connectivity index (χ4v) is 6.64. The molecule has 13 heteroatoms. The molecule has 0 unspecified atom stereocenters. The minimum atomic E-state index is -3.81. The van der Waals surface area contributed by atoms with Crippen LogP contribution in [-0.4, -0.2) is 64.0 Å². The third-order valence-corrected chi connectivity index (χ3v) is 9.01. The molecule has 4 aromatic rings. The van der Waals surface area contributed by atoms with Crippen molar-refractivity contribution in [3.05, 3.63) is 70.0 Å². The molecule has 0 amide bonds. The van der Waals surface area contributed by atoms with Gasteiger partial charge in [-0.25, -0.2) is 27.8 Å². The van der Waals surface area contributed by atoms with E-state index >= 15 is 0 Å². The molecular formula is C30H37FN8O3S. The predicted molar refractivity (Wildman–Crippen MR) is 166 cm³/mol. The molecule has 5 rings (SSSR count). The molecule has 1 aromatic carbocycles. The van der Waals surface area contributed by atoms with Gasteiger partial charge in [-0.3, -0.25) is 14.1 Å². The molecule has 3 aromatic heterocycles. The summed E-state index contributed by atoms with van der Waals surface area (Å²) in [5.41, 5.74) is 2.10. The lowest BCUT2D eigenvalue weighted by Crippen LogP contribution is -2.36. The predicted octanol–water partition coefficient (Wildman–Crippen LogP) is 4.50. The highest BCUT2D eigenvalue weighted by Crippen LogP contribution is 2.26. The summed E-state index contributed by atoms with van der Waals surface area (Å²) in [6, 6.07) is 9.01. The second kappa shape index (κ2) is 12.3. The van der Waals surface area contributed by atoms with Gasteiger partial charge in [-0.15, -0.1) is 0 Å². The van der Waals surface area contributed by atoms with E-state index in [-0.39, 0.29) is 34.9 Å². The highest BCUT2D eigenvalue weighted by atomic mass is 32.2. The monoisotopic (exact) mass is 608 g/mol. The first-order valence-corrected chi connectivity index (χ1v) is 16.0. The number of benzene rings is 1. The fourth-order valence-electron chi connectivity index (χ4n) is 5.51. The number of rotatable bonds is 9. The second-order valence-electron chi connectivity index (χ2n) is 11.6. The van der Waals surface area contributed by atoms with Crippen LogP contribution >= 0.6 is 0 Å². The van der Waals surface area contributed by atoms with Gasteiger partial charge >= 0.3 is 0 Å². The van der Waals surface area contributed by atoms with Crippen molar-refractivity contribution in [1.29, 1.82) is 0 Å². The fraction of sp³-hybridized carbons (Fsp3) is 0.433. The average Bonchev–Trinajstić information content (AvgIpc) is 2.94. The standard InChI is InChI=1S/C30H37FN8O3S/c1-18(2)39-28-25(16-32-30(36-28)34-22-10-12-23(13-11-22)38(4)5)35-27(29(39)40)24-14-15-26(33-19(24)3)37-43(41,42)17-20-6-8-21(31)9-7-20/h6-9,14-16,18,22-23H,10-13,17H2,1-5H3,(H,33,37)(H,32,34,36). The van der Waals surface area contributed by atoms with Crippen molar-refractivity contribution in [3.63, 3.8) is 0 Å². The van der Waals surface area contributed by atoms with Gasteiger partial charge < -0.3 is 10.2 Å². The number of aryl methyl sites for hydroxylation is 1. The van der Waals surface area contributed by atoms with Gasteiger partial charge in [0.05, 0.1) is 11.9 Å². The Bertz CT molecular complexity index is 1780. The Kier molecular flexibility index (Phi) is 8.74. The third kappa shape index (κ3) is 6.99. The Morgan fingerprint density at radius 3 is 2.35 bits per heavy atom. The molecular weight excluding hydrogens is 571 g/mol. The maximum Gasteiger partial charge on any atom is 0.279 e. The van der Waals surface area contributed by atoms with Crippen LogP contribution in [0.2, 0.25) is 0 Å². The zero-order chi connectivity index (χ0) is 30.9. The van der Waals surface area contributed by atoms with E-state index in [1.54, 1.807) is 23.8 Å². The first-order valence-electron chi connectivity index (χ1n) is 14.4. The van der Waals surface area contributed by atoms with Gasteiger partial charge in [-0.2, -0.15) is 4.98 Å². The van der Waals surface area contributed by atoms with E-state index in [1.807, 2.05) is 13.8 Å². The first kappa shape index (κ1) is 30.5. The van der Waals surface area contributed by atoms with E-state index in [2.05, 4.69) is 44.0 Å². The molecule has 0 radical (unpaired) electrons. The van der Waals surface area contributed by atoms with Gasteiger partial charge in [0.1, 0.15) is 22.8 Å². The van der Waals surface area contributed by atoms with Gasteiger partial charge in [0, 0.05) is 29.4 Å². The average molecular weight is 609 g/mol. The molecule has 228 valence electrons. The minimum absolute atomic E-state index is 0.104. The number of nitrogens with one attached hydrogen (secondary N) is 2. The van der Waals surface area contributed by atoms with Crippen LogP contribution in [0.15, 0.2) is 47.4 Å². The summed E-state index contributed by atoms with van der Waals surface area (Å²) in [5.74, 6) is -0.205. The number of anilines is 2. The normalized spacial score (nSPS) is 17.5. The number of hydrogen-bond donors (Lipinski definition) is 2. The molecule has 1 saturated carbocycles. The Morgan fingerprint density at radius 1 is 1.02 bits per heavy atom. The Balaban J connectivity index is 1.40. The molecule has 3 heterocycles. The Hall–Kier alpha value is -3.97. The molecule has 0 spiro atoms. The van der Waals surface area contributed by atoms with Crippen LogP contribution in [0.3, 0.4) is 0 Å². The van der Waals surface area contributed by atoms with Crippen molar-refractivity contribution in [1.82, 2.24) is 29.4 Å². The Labute approximate surface area is 250 Å². The number of sulfonamides is 1. The number of halogens is 1. The molecule has 1 fully saturated rings. The molecule has 1 aliphatic carbocycles. The molecule has 11 nitrogen and oxygen atoms in total. The first-order chi connectivity index (χ1) is 20.4. The van der Waals surface area contributed by atoms with Crippen molar-refractivity contribution in [2.24, 2.45) is 0 Å². The van der Waals surface area contributed by atoms with Crippen LogP contribution in [-0.2, 0) is 15.8 Å². The van der Waals surface area contributed by atoms with Gasteiger partial charge in [0.15, 0.2) is 5.65 Å². The van der Waals surface area contributed by atoms with Gasteiger partial charge in [-0.05, 0) is 90.4 Å². The number of fused-ring (bicyclic) bond motifs is 1. The quantitative estimate of drug-likeness (QED) is 0.282. The zero-order valence-electron chi connectivity index (χ0n) is 25.0. The molecule has 0 bridgehead atoms. The van der Waals surface area contributed by atoms with E-state index in [1.165, 1.54) is 30.3 Å². The lowest BCUT2D eigenvalue weighted by atomic mass is 9.91. The maximum absolute atomic E-state index is 13.8. The summed E-state index contributed by atoms with van der Waals surface area (Å²) in [6.45, 7) is 5.51. The Morgan fingerprint density at radius 2 is 1.72 bits per heavy atom. The van der Waals surface area contributed by atoms with Gasteiger partial charge in [-0.1, -0.05) is 12.1 Å². The van der Waals surface area contributed by atoms with Gasteiger partial charge in [0.25, 0.3) is 5.56 Å². The number of aromatic nitrogens is 5. The lowest BCUT2D eigenvalue weighted by Gasteiger charge is -2.32. The number of hydrogen-bond acceptors (Lipinski definition) is 9. The lowest BCUT2D eigenvalue weighted by molar-refractivity contribution is 0.221. The summed E-state index contributed by atoms with van der Waals surface area (Å²) in [7, 11) is 0.415. The van der Waals surface area contributed by atoms with Crippen LogP contribution in [0, 0.1) is 12.7 Å². The van der Waals surface area contributed by atoms with E-state index in [4.69, 9.17) is 4.98 Å². The molecule has 43 heavy (non-hydrogen) atoms. The van der Waals surface area contributed by atoms with E-state index in [0.717, 1.165) is 25.7 Å². The van der Waals surface area contributed by atoms with Crippen molar-refractivity contribution in [2.45, 2.75) is 70.3 Å². The van der Waals surface area contributed by atoms with Crippen LogP contribution in [0.5, 0.6) is 0 Å². The van der Waals surface area contributed by atoms with Crippen LogP contribution in [0.1, 0.15) is 56.8 Å². The minimum Gasteiger partial charge on any atom is -0.351 e. The third-order valence-electron chi connectivity index (χ3n) is 7.78. The van der Waals surface area contributed by atoms with Crippen molar-refractivity contribution in [3.8, 4) is 11.3 Å².